The third-order valence-corrected chi connectivity index (χ3v) is 3.09. The summed E-state index contributed by atoms with van der Waals surface area (Å²) in [4.78, 5) is 25.1. The van der Waals surface area contributed by atoms with E-state index in [1.54, 1.807) is 11.0 Å². The summed E-state index contributed by atoms with van der Waals surface area (Å²) in [6.45, 7) is 7.23. The fraction of sp³-hybridized carbons (Fsp3) is 0.429. The minimum Gasteiger partial charge on any atom is -0.329 e. The zero-order valence-electron chi connectivity index (χ0n) is 11.7. The molecule has 1 rings (SSSR count). The highest BCUT2D eigenvalue weighted by molar-refractivity contribution is 9.10. The summed E-state index contributed by atoms with van der Waals surface area (Å²) in [6, 6.07) is 7.34. The fourth-order valence-electron chi connectivity index (χ4n) is 1.73. The van der Waals surface area contributed by atoms with Crippen molar-refractivity contribution in [1.82, 2.24) is 4.90 Å². The van der Waals surface area contributed by atoms with E-state index in [2.05, 4.69) is 21.2 Å². The average molecular weight is 327 g/mol. The van der Waals surface area contributed by atoms with Crippen LogP contribution < -0.4 is 5.32 Å². The summed E-state index contributed by atoms with van der Waals surface area (Å²) in [7, 11) is 0. The van der Waals surface area contributed by atoms with E-state index in [1.807, 2.05) is 39.0 Å². The molecule has 0 fully saturated rings. The number of amides is 2. The molecule has 19 heavy (non-hydrogen) atoms. The molecule has 0 heterocycles. The van der Waals surface area contributed by atoms with Crippen LogP contribution in [0.15, 0.2) is 28.7 Å². The minimum absolute atomic E-state index is 0.0470. The number of hydrogen-bond donors (Lipinski definition) is 1. The maximum atomic E-state index is 12.0. The Morgan fingerprint density at radius 2 is 1.95 bits per heavy atom. The van der Waals surface area contributed by atoms with Crippen molar-refractivity contribution < 1.29 is 9.59 Å². The van der Waals surface area contributed by atoms with Crippen molar-refractivity contribution in [2.75, 3.05) is 11.9 Å². The average Bonchev–Trinajstić information content (AvgIpc) is 2.24. The highest BCUT2D eigenvalue weighted by atomic mass is 79.9. The van der Waals surface area contributed by atoms with Gasteiger partial charge < -0.3 is 10.2 Å². The van der Waals surface area contributed by atoms with Gasteiger partial charge in [-0.25, -0.2) is 0 Å². The number of carbonyl (C=O) groups excluding carboxylic acids is 2. The van der Waals surface area contributed by atoms with E-state index in [0.29, 0.717) is 5.69 Å². The Balaban J connectivity index is 2.71. The van der Waals surface area contributed by atoms with Gasteiger partial charge in [-0.05, 0) is 39.0 Å². The summed E-state index contributed by atoms with van der Waals surface area (Å²) in [6.07, 6.45) is 0. The molecule has 0 atom stereocenters. The van der Waals surface area contributed by atoms with Crippen LogP contribution in [-0.2, 0) is 9.59 Å². The van der Waals surface area contributed by atoms with Gasteiger partial charge >= 0.3 is 0 Å². The molecule has 1 aromatic rings. The lowest BCUT2D eigenvalue weighted by Gasteiger charge is -2.34. The highest BCUT2D eigenvalue weighted by Gasteiger charge is 2.25. The van der Waals surface area contributed by atoms with Gasteiger partial charge in [-0.15, -0.1) is 0 Å². The van der Waals surface area contributed by atoms with Crippen LogP contribution in [-0.4, -0.2) is 28.8 Å². The van der Waals surface area contributed by atoms with Crippen LogP contribution in [0, 0.1) is 0 Å². The van der Waals surface area contributed by atoms with Crippen molar-refractivity contribution in [3.05, 3.63) is 28.7 Å². The van der Waals surface area contributed by atoms with Crippen LogP contribution in [0.1, 0.15) is 27.7 Å². The summed E-state index contributed by atoms with van der Waals surface area (Å²) < 4.78 is 0.893. The van der Waals surface area contributed by atoms with Gasteiger partial charge in [0.2, 0.25) is 11.8 Å². The Kier molecular flexibility index (Phi) is 5.11. The number of carbonyl (C=O) groups is 2. The molecule has 1 aromatic carbocycles. The SMILES string of the molecule is CC(=O)N(CC(=O)Nc1cccc(Br)c1)C(C)(C)C. The first-order valence-corrected chi connectivity index (χ1v) is 6.83. The Bertz CT molecular complexity index is 481. The smallest absolute Gasteiger partial charge is 0.244 e. The summed E-state index contributed by atoms with van der Waals surface area (Å²) in [5.41, 5.74) is 0.331. The van der Waals surface area contributed by atoms with Crippen LogP contribution in [0.25, 0.3) is 0 Å². The van der Waals surface area contributed by atoms with Crippen molar-refractivity contribution in [3.63, 3.8) is 0 Å². The molecule has 1 N–H and O–H groups in total. The van der Waals surface area contributed by atoms with Gasteiger partial charge in [0, 0.05) is 22.6 Å². The molecule has 4 nitrogen and oxygen atoms in total. The van der Waals surface area contributed by atoms with Gasteiger partial charge in [0.25, 0.3) is 0 Å². The van der Waals surface area contributed by atoms with Gasteiger partial charge in [-0.1, -0.05) is 22.0 Å². The molecule has 104 valence electrons. The molecule has 0 radical (unpaired) electrons. The largest absolute Gasteiger partial charge is 0.329 e. The maximum absolute atomic E-state index is 12.0. The number of hydrogen-bond acceptors (Lipinski definition) is 2. The van der Waals surface area contributed by atoms with Crippen LogP contribution in [0.4, 0.5) is 5.69 Å². The molecule has 0 aliphatic heterocycles. The zero-order chi connectivity index (χ0) is 14.6. The third-order valence-electron chi connectivity index (χ3n) is 2.60. The van der Waals surface area contributed by atoms with Crippen LogP contribution >= 0.6 is 15.9 Å². The predicted molar refractivity (Wildman–Crippen MR) is 79.9 cm³/mol. The van der Waals surface area contributed by atoms with E-state index in [4.69, 9.17) is 0 Å². The second-order valence-corrected chi connectivity index (χ2v) is 6.25. The monoisotopic (exact) mass is 326 g/mol. The molecule has 0 saturated heterocycles. The lowest BCUT2D eigenvalue weighted by Crippen LogP contribution is -2.48. The third kappa shape index (κ3) is 5.03. The number of rotatable bonds is 3. The molecule has 0 aliphatic rings. The molecule has 0 aliphatic carbocycles. The Morgan fingerprint density at radius 3 is 2.42 bits per heavy atom. The van der Waals surface area contributed by atoms with Crippen molar-refractivity contribution in [1.29, 1.82) is 0 Å². The number of nitrogens with one attached hydrogen (secondary N) is 1. The second-order valence-electron chi connectivity index (χ2n) is 5.33. The molecule has 2 amide bonds. The van der Waals surface area contributed by atoms with Crippen molar-refractivity contribution in [2.45, 2.75) is 33.2 Å². The summed E-state index contributed by atoms with van der Waals surface area (Å²) >= 11 is 3.34. The Hall–Kier alpha value is -1.36. The summed E-state index contributed by atoms with van der Waals surface area (Å²) in [5.74, 6) is -0.319. The van der Waals surface area contributed by atoms with Crippen LogP contribution in [0.5, 0.6) is 0 Å². The predicted octanol–water partition coefficient (Wildman–Crippen LogP) is 3.03. The van der Waals surface area contributed by atoms with Crippen molar-refractivity contribution in [3.8, 4) is 0 Å². The Labute approximate surface area is 122 Å². The number of nitrogens with zero attached hydrogens (tertiary/aromatic N) is 1. The number of anilines is 1. The van der Waals surface area contributed by atoms with Gasteiger partial charge in [-0.3, -0.25) is 9.59 Å². The lowest BCUT2D eigenvalue weighted by molar-refractivity contribution is -0.137. The molecular formula is C14H19BrN2O2. The lowest BCUT2D eigenvalue weighted by atomic mass is 10.1. The highest BCUT2D eigenvalue weighted by Crippen LogP contribution is 2.17. The molecular weight excluding hydrogens is 308 g/mol. The van der Waals surface area contributed by atoms with E-state index in [1.165, 1.54) is 6.92 Å². The standard InChI is InChI=1S/C14H19BrN2O2/c1-10(18)17(14(2,3)4)9-13(19)16-12-7-5-6-11(15)8-12/h5-8H,9H2,1-4H3,(H,16,19). The van der Waals surface area contributed by atoms with Crippen LogP contribution in [0.3, 0.4) is 0 Å². The molecule has 0 saturated carbocycles. The number of halogens is 1. The van der Waals surface area contributed by atoms with E-state index < -0.39 is 0 Å². The quantitative estimate of drug-likeness (QED) is 0.928. The molecule has 0 spiro atoms. The second kappa shape index (κ2) is 6.19. The van der Waals surface area contributed by atoms with Gasteiger partial charge in [0.1, 0.15) is 6.54 Å². The first-order valence-electron chi connectivity index (χ1n) is 6.04. The minimum atomic E-state index is -0.375. The van der Waals surface area contributed by atoms with Gasteiger partial charge in [0.15, 0.2) is 0 Å². The first kappa shape index (κ1) is 15.7. The Morgan fingerprint density at radius 1 is 1.32 bits per heavy atom. The first-order chi connectivity index (χ1) is 8.70. The molecule has 0 aromatic heterocycles. The summed E-state index contributed by atoms with van der Waals surface area (Å²) in [5, 5.41) is 2.78. The molecule has 0 unspecified atom stereocenters. The van der Waals surface area contributed by atoms with Crippen LogP contribution in [0.2, 0.25) is 0 Å². The van der Waals surface area contributed by atoms with Gasteiger partial charge in [-0.2, -0.15) is 0 Å². The fourth-order valence-corrected chi connectivity index (χ4v) is 2.13. The van der Waals surface area contributed by atoms with E-state index in [9.17, 15) is 9.59 Å². The van der Waals surface area contributed by atoms with E-state index >= 15 is 0 Å². The van der Waals surface area contributed by atoms with Gasteiger partial charge in [0.05, 0.1) is 0 Å². The van der Waals surface area contributed by atoms with Crippen molar-refractivity contribution in [2.24, 2.45) is 0 Å². The molecule has 0 bridgehead atoms. The van der Waals surface area contributed by atoms with E-state index in [-0.39, 0.29) is 23.9 Å². The molecule has 5 heteroatoms. The number of benzene rings is 1. The normalized spacial score (nSPS) is 11.0. The van der Waals surface area contributed by atoms with Crippen molar-refractivity contribution >= 4 is 33.4 Å². The topological polar surface area (TPSA) is 49.4 Å². The maximum Gasteiger partial charge on any atom is 0.244 e. The van der Waals surface area contributed by atoms with E-state index in [0.717, 1.165) is 4.47 Å². The zero-order valence-corrected chi connectivity index (χ0v) is 13.2.